The van der Waals surface area contributed by atoms with E-state index in [1.165, 1.54) is 30.8 Å². The maximum atomic E-state index is 12.7. The highest BCUT2D eigenvalue weighted by Gasteiger charge is 2.50. The molecule has 34 heavy (non-hydrogen) atoms. The van der Waals surface area contributed by atoms with Crippen LogP contribution in [0.15, 0.2) is 24.3 Å². The van der Waals surface area contributed by atoms with Crippen LogP contribution in [-0.2, 0) is 14.4 Å². The predicted molar refractivity (Wildman–Crippen MR) is 130 cm³/mol. The zero-order chi connectivity index (χ0) is 25.2. The first-order valence-corrected chi connectivity index (χ1v) is 12.3. The Hall–Kier alpha value is -2.12. The average Bonchev–Trinajstić information content (AvgIpc) is 3.34. The summed E-state index contributed by atoms with van der Waals surface area (Å²) < 4.78 is 0. The number of hydrogen-bond acceptors (Lipinski definition) is 8. The second-order valence-electron chi connectivity index (χ2n) is 8.77. The van der Waals surface area contributed by atoms with E-state index in [4.69, 9.17) is 5.11 Å². The molecule has 1 unspecified atom stereocenters. The molecule has 0 radical (unpaired) electrons. The molecule has 186 valence electrons. The molecule has 2 aliphatic heterocycles. The molecular weight excluding hydrogens is 482 g/mol. The molecule has 3 rings (SSSR count). The summed E-state index contributed by atoms with van der Waals surface area (Å²) in [5.41, 5.74) is 0.448. The first-order valence-electron chi connectivity index (χ1n) is 10.9. The molecule has 2 heterocycles. The maximum absolute atomic E-state index is 12.7. The fourth-order valence-electron chi connectivity index (χ4n) is 4.66. The first-order chi connectivity index (χ1) is 16.0. The number of carboxylic acids is 2. The molecule has 12 heteroatoms. The Morgan fingerprint density at radius 3 is 2.53 bits per heavy atom. The normalized spacial score (nSPS) is 30.5. The highest BCUT2D eigenvalue weighted by molar-refractivity contribution is 8.00. The monoisotopic (exact) mass is 511 g/mol. The number of aromatic carboxylic acids is 1. The van der Waals surface area contributed by atoms with Gasteiger partial charge < -0.3 is 26.0 Å². The van der Waals surface area contributed by atoms with Gasteiger partial charge in [0.1, 0.15) is 6.04 Å². The molecule has 1 amide bonds. The van der Waals surface area contributed by atoms with Crippen molar-refractivity contribution < 1.29 is 34.5 Å². The Bertz CT molecular complexity index is 960. The van der Waals surface area contributed by atoms with Crippen molar-refractivity contribution in [1.82, 2.24) is 10.6 Å². The van der Waals surface area contributed by atoms with E-state index in [9.17, 15) is 29.4 Å². The standard InChI is InChI=1S/C22H29N3O7S2/c1-9-16(15(10(2)26)22(32)33)25-17(21(30)31)18(9)34-13-7-14(23-8-13)19(27)24-12-5-3-4-11(6-12)20(28)29/h3-6,9-10,13-18,23,25-26H,7-8H2,1-2H3,(H,24,27)(H,28,29)(H,30,31)(H,32,33)/t9-,10-,13+,14+,15-,16-,17?,18+/m1/s1. The highest BCUT2D eigenvalue weighted by atomic mass is 32.2. The van der Waals surface area contributed by atoms with Crippen molar-refractivity contribution >= 4 is 53.0 Å². The van der Waals surface area contributed by atoms with Crippen LogP contribution in [0.3, 0.4) is 0 Å². The van der Waals surface area contributed by atoms with Crippen LogP contribution in [0, 0.1) is 11.8 Å². The number of rotatable bonds is 9. The quantitative estimate of drug-likeness (QED) is 0.234. The zero-order valence-electron chi connectivity index (χ0n) is 18.7. The fraction of sp³-hybridized carbons (Fsp3) is 0.545. The molecule has 2 saturated heterocycles. The average molecular weight is 512 g/mol. The minimum atomic E-state index is -1.09. The molecule has 6 N–H and O–H groups in total. The molecule has 0 bridgehead atoms. The number of benzene rings is 1. The van der Waals surface area contributed by atoms with Crippen LogP contribution in [0.25, 0.3) is 0 Å². The molecule has 1 aromatic carbocycles. The van der Waals surface area contributed by atoms with E-state index in [1.54, 1.807) is 12.1 Å². The Morgan fingerprint density at radius 2 is 1.94 bits per heavy atom. The lowest BCUT2D eigenvalue weighted by Crippen LogP contribution is -2.46. The van der Waals surface area contributed by atoms with Gasteiger partial charge in [0.15, 0.2) is 5.12 Å². The number of carbonyl (C=O) groups is 4. The Balaban J connectivity index is 1.64. The van der Waals surface area contributed by atoms with Gasteiger partial charge in [-0.1, -0.05) is 13.0 Å². The van der Waals surface area contributed by atoms with Crippen molar-refractivity contribution in [3.8, 4) is 0 Å². The number of thiol groups is 1. The molecule has 2 fully saturated rings. The molecule has 8 atom stereocenters. The molecule has 0 aromatic heterocycles. The highest BCUT2D eigenvalue weighted by Crippen LogP contribution is 2.40. The van der Waals surface area contributed by atoms with Crippen LogP contribution in [0.4, 0.5) is 5.69 Å². The van der Waals surface area contributed by atoms with Crippen LogP contribution in [0.2, 0.25) is 0 Å². The summed E-state index contributed by atoms with van der Waals surface area (Å²) in [6.45, 7) is 3.83. The third kappa shape index (κ3) is 5.92. The van der Waals surface area contributed by atoms with Crippen molar-refractivity contribution in [3.05, 3.63) is 29.8 Å². The summed E-state index contributed by atoms with van der Waals surface area (Å²) in [7, 11) is 0. The van der Waals surface area contributed by atoms with Crippen molar-refractivity contribution in [3.63, 3.8) is 0 Å². The van der Waals surface area contributed by atoms with E-state index in [2.05, 4.69) is 28.6 Å². The van der Waals surface area contributed by atoms with E-state index in [0.717, 1.165) is 0 Å². The number of aliphatic carboxylic acids is 1. The summed E-state index contributed by atoms with van der Waals surface area (Å²) in [5, 5.41) is 36.9. The van der Waals surface area contributed by atoms with Crippen LogP contribution in [0.5, 0.6) is 0 Å². The topological polar surface area (TPSA) is 165 Å². The number of amides is 1. The Morgan fingerprint density at radius 1 is 1.24 bits per heavy atom. The molecule has 0 spiro atoms. The van der Waals surface area contributed by atoms with Crippen LogP contribution in [0.1, 0.15) is 30.6 Å². The van der Waals surface area contributed by atoms with E-state index >= 15 is 0 Å². The van der Waals surface area contributed by atoms with Crippen molar-refractivity contribution in [2.45, 2.75) is 55.0 Å². The van der Waals surface area contributed by atoms with E-state index in [0.29, 0.717) is 18.7 Å². The van der Waals surface area contributed by atoms with Gasteiger partial charge >= 0.3 is 11.9 Å². The minimum absolute atomic E-state index is 0.0485. The van der Waals surface area contributed by atoms with Crippen LogP contribution in [-0.4, -0.2) is 79.6 Å². The van der Waals surface area contributed by atoms with E-state index in [1.807, 2.05) is 6.92 Å². The largest absolute Gasteiger partial charge is 0.480 e. The van der Waals surface area contributed by atoms with E-state index in [-0.39, 0.29) is 27.9 Å². The van der Waals surface area contributed by atoms with Crippen LogP contribution >= 0.6 is 24.4 Å². The Kier molecular flexibility index (Phi) is 8.63. The molecule has 0 saturated carbocycles. The summed E-state index contributed by atoms with van der Waals surface area (Å²) >= 11 is 5.34. The third-order valence-corrected chi connectivity index (χ3v) is 8.43. The zero-order valence-corrected chi connectivity index (χ0v) is 20.4. The SMILES string of the molecule is C[C@@H]1[C@H]([C@H](C(=O)S)[C@@H](C)O)NC(C(=O)O)[C@H]1S[C@@H]1CN[C@H](C(=O)Nc2cccc(C(=O)O)c2)C1. The number of hydrogen-bond donors (Lipinski definition) is 7. The van der Waals surface area contributed by atoms with Gasteiger partial charge in [-0.2, -0.15) is 11.8 Å². The van der Waals surface area contributed by atoms with Gasteiger partial charge in [0.25, 0.3) is 0 Å². The number of carbonyl (C=O) groups excluding carboxylic acids is 2. The smallest absolute Gasteiger partial charge is 0.335 e. The maximum Gasteiger partial charge on any atom is 0.335 e. The van der Waals surface area contributed by atoms with Gasteiger partial charge in [-0.05, 0) is 37.5 Å². The molecule has 2 aliphatic rings. The van der Waals surface area contributed by atoms with Gasteiger partial charge in [-0.15, -0.1) is 12.6 Å². The summed E-state index contributed by atoms with van der Waals surface area (Å²) in [5.74, 6) is -3.51. The summed E-state index contributed by atoms with van der Waals surface area (Å²) in [6, 6.07) is 4.00. The number of nitrogens with one attached hydrogen (secondary N) is 3. The number of aliphatic hydroxyl groups is 1. The Labute approximate surface area is 206 Å². The molecular formula is C22H29N3O7S2. The number of aliphatic hydroxyl groups excluding tert-OH is 1. The van der Waals surface area contributed by atoms with Gasteiger partial charge in [-0.25, -0.2) is 4.79 Å². The van der Waals surface area contributed by atoms with E-state index < -0.39 is 47.2 Å². The van der Waals surface area contributed by atoms with Crippen LogP contribution < -0.4 is 16.0 Å². The summed E-state index contributed by atoms with van der Waals surface area (Å²) in [4.78, 5) is 47.7. The second-order valence-corrected chi connectivity index (χ2v) is 10.7. The lowest BCUT2D eigenvalue weighted by molar-refractivity contribution is -0.139. The van der Waals surface area contributed by atoms with Crippen molar-refractivity contribution in [2.75, 3.05) is 11.9 Å². The molecule has 0 aliphatic carbocycles. The molecule has 1 aromatic rings. The second kappa shape index (κ2) is 11.1. The molecule has 10 nitrogen and oxygen atoms in total. The fourth-order valence-corrected chi connectivity index (χ4v) is 6.74. The lowest BCUT2D eigenvalue weighted by atomic mass is 9.87. The third-order valence-electron chi connectivity index (χ3n) is 6.38. The van der Waals surface area contributed by atoms with Gasteiger partial charge in [-0.3, -0.25) is 19.7 Å². The number of carboxylic acid groups (broad SMARTS) is 2. The van der Waals surface area contributed by atoms with Gasteiger partial charge in [0.2, 0.25) is 5.91 Å². The van der Waals surface area contributed by atoms with Crippen molar-refractivity contribution in [2.24, 2.45) is 11.8 Å². The van der Waals surface area contributed by atoms with Gasteiger partial charge in [0.05, 0.1) is 23.6 Å². The summed E-state index contributed by atoms with van der Waals surface area (Å²) in [6.07, 6.45) is -0.523. The minimum Gasteiger partial charge on any atom is -0.480 e. The lowest BCUT2D eigenvalue weighted by Gasteiger charge is -2.28. The van der Waals surface area contributed by atoms with Gasteiger partial charge in [0, 0.05) is 28.8 Å². The number of anilines is 1. The first kappa shape index (κ1) is 26.5. The van der Waals surface area contributed by atoms with Crippen molar-refractivity contribution in [1.29, 1.82) is 0 Å². The predicted octanol–water partition coefficient (Wildman–Crippen LogP) is 0.670. The number of thioether (sulfide) groups is 1.